The Labute approximate surface area is 188 Å². The third-order valence-corrected chi connectivity index (χ3v) is 6.71. The van der Waals surface area contributed by atoms with Crippen molar-refractivity contribution < 1.29 is 17.6 Å². The quantitative estimate of drug-likeness (QED) is 0.583. The fraction of sp³-hybridized carbons (Fsp3) is 0.429. The Bertz CT molecular complexity index is 1040. The normalized spacial score (nSPS) is 15.1. The van der Waals surface area contributed by atoms with Crippen LogP contribution in [0.25, 0.3) is 0 Å². The third-order valence-electron chi connectivity index (χ3n) is 4.89. The highest BCUT2D eigenvalue weighted by molar-refractivity contribution is 7.87. The molecule has 2 amide bonds. The zero-order valence-electron chi connectivity index (χ0n) is 18.4. The molecule has 3 rings (SSSR count). The molecule has 2 aromatic rings. The second kappa shape index (κ2) is 10.2. The van der Waals surface area contributed by atoms with Crippen LogP contribution < -0.4 is 20.3 Å². The minimum atomic E-state index is -3.53. The zero-order valence-corrected chi connectivity index (χ0v) is 19.2. The number of aromatic nitrogens is 1. The van der Waals surface area contributed by atoms with Crippen LogP contribution in [0.15, 0.2) is 36.5 Å². The molecule has 0 radical (unpaired) electrons. The maximum atomic E-state index is 14.2. The molecule has 3 N–H and O–H groups in total. The average molecular weight is 465 g/mol. The number of benzene rings is 1. The first kappa shape index (κ1) is 23.9. The van der Waals surface area contributed by atoms with Crippen LogP contribution in [0.2, 0.25) is 0 Å². The summed E-state index contributed by atoms with van der Waals surface area (Å²) in [6, 6.07) is 7.51. The largest absolute Gasteiger partial charge is 0.369 e. The molecule has 11 heteroatoms. The number of pyridine rings is 1. The number of hydrogen-bond acceptors (Lipinski definition) is 5. The first-order valence-electron chi connectivity index (χ1n) is 10.4. The maximum Gasteiger partial charge on any atom is 0.319 e. The molecule has 1 aromatic heterocycles. The van der Waals surface area contributed by atoms with E-state index in [4.69, 9.17) is 0 Å². The summed E-state index contributed by atoms with van der Waals surface area (Å²) in [5.74, 6) is -0.418. The highest BCUT2D eigenvalue weighted by Gasteiger charge is 2.27. The molecule has 0 atom stereocenters. The molecule has 0 unspecified atom stereocenters. The summed E-state index contributed by atoms with van der Waals surface area (Å²) >= 11 is 0. The van der Waals surface area contributed by atoms with E-state index in [0.29, 0.717) is 43.1 Å². The van der Waals surface area contributed by atoms with E-state index >= 15 is 0 Å². The van der Waals surface area contributed by atoms with Gasteiger partial charge in [0, 0.05) is 50.1 Å². The molecule has 174 valence electrons. The summed E-state index contributed by atoms with van der Waals surface area (Å²) in [5.41, 5.74) is 2.66. The van der Waals surface area contributed by atoms with Crippen molar-refractivity contribution in [3.05, 3.63) is 53.6 Å². The molecule has 0 aliphatic carbocycles. The number of rotatable bonds is 7. The van der Waals surface area contributed by atoms with Crippen LogP contribution in [0.4, 0.5) is 20.6 Å². The van der Waals surface area contributed by atoms with E-state index in [9.17, 15) is 17.6 Å². The Morgan fingerprint density at radius 2 is 1.88 bits per heavy atom. The summed E-state index contributed by atoms with van der Waals surface area (Å²) in [4.78, 5) is 18.2. The second-order valence-corrected chi connectivity index (χ2v) is 9.68. The van der Waals surface area contributed by atoms with Gasteiger partial charge in [-0.05, 0) is 56.7 Å². The molecule has 0 saturated carbocycles. The van der Waals surface area contributed by atoms with E-state index in [-0.39, 0.29) is 12.6 Å². The van der Waals surface area contributed by atoms with Gasteiger partial charge in [0.15, 0.2) is 0 Å². The fourth-order valence-electron chi connectivity index (χ4n) is 3.38. The highest BCUT2D eigenvalue weighted by Crippen LogP contribution is 2.21. The molecule has 0 bridgehead atoms. The lowest BCUT2D eigenvalue weighted by Crippen LogP contribution is -2.53. The van der Waals surface area contributed by atoms with E-state index < -0.39 is 22.1 Å². The monoisotopic (exact) mass is 464 g/mol. The maximum absolute atomic E-state index is 14.2. The van der Waals surface area contributed by atoms with Crippen LogP contribution >= 0.6 is 0 Å². The number of carbonyl (C=O) groups is 1. The Kier molecular flexibility index (Phi) is 7.64. The Morgan fingerprint density at radius 1 is 1.16 bits per heavy atom. The second-order valence-electron chi connectivity index (χ2n) is 7.98. The molecule has 1 saturated heterocycles. The van der Waals surface area contributed by atoms with Gasteiger partial charge in [-0.1, -0.05) is 0 Å². The molecule has 1 fully saturated rings. The van der Waals surface area contributed by atoms with Crippen LogP contribution in [0.1, 0.15) is 25.1 Å². The van der Waals surface area contributed by atoms with Gasteiger partial charge in [0.1, 0.15) is 5.82 Å². The van der Waals surface area contributed by atoms with Crippen LogP contribution in [0.5, 0.6) is 0 Å². The van der Waals surface area contributed by atoms with Crippen LogP contribution in [-0.4, -0.2) is 56.0 Å². The molecule has 9 nitrogen and oxygen atoms in total. The Morgan fingerprint density at radius 3 is 2.50 bits per heavy atom. The van der Waals surface area contributed by atoms with Crippen molar-refractivity contribution in [3.8, 4) is 0 Å². The number of amides is 2. The van der Waals surface area contributed by atoms with Crippen molar-refractivity contribution in [1.82, 2.24) is 19.3 Å². The summed E-state index contributed by atoms with van der Waals surface area (Å²) in [6.07, 6.45) is 1.56. The third kappa shape index (κ3) is 6.62. The summed E-state index contributed by atoms with van der Waals surface area (Å²) < 4.78 is 42.9. The van der Waals surface area contributed by atoms with Crippen molar-refractivity contribution in [1.29, 1.82) is 0 Å². The first-order valence-corrected chi connectivity index (χ1v) is 11.9. The van der Waals surface area contributed by atoms with Crippen molar-refractivity contribution in [2.75, 3.05) is 36.4 Å². The lowest BCUT2D eigenvalue weighted by Gasteiger charge is -2.35. The van der Waals surface area contributed by atoms with E-state index in [2.05, 4.69) is 20.3 Å². The van der Waals surface area contributed by atoms with Gasteiger partial charge in [-0.25, -0.2) is 9.18 Å². The predicted molar refractivity (Wildman–Crippen MR) is 122 cm³/mol. The standard InChI is InChI=1S/C21H29FN6O3S/c1-15(2)26-32(30,31)28-8-6-27(7-9-28)20-11-17(10-18(22)12-20)13-24-21(29)25-19-5-4-16(3)23-14-19/h4-5,10-12,14-15,26H,6-9,13H2,1-3H3,(H2,24,25,29). The number of hydrogen-bond donors (Lipinski definition) is 3. The number of urea groups is 1. The zero-order chi connectivity index (χ0) is 23.3. The van der Waals surface area contributed by atoms with E-state index in [0.717, 1.165) is 5.69 Å². The van der Waals surface area contributed by atoms with Gasteiger partial charge in [0.25, 0.3) is 10.2 Å². The average Bonchev–Trinajstić information content (AvgIpc) is 2.73. The van der Waals surface area contributed by atoms with Crippen LogP contribution in [0.3, 0.4) is 0 Å². The van der Waals surface area contributed by atoms with Crippen molar-refractivity contribution in [3.63, 3.8) is 0 Å². The molecule has 1 aliphatic heterocycles. The van der Waals surface area contributed by atoms with Gasteiger partial charge in [0.05, 0.1) is 11.9 Å². The van der Waals surface area contributed by atoms with E-state index in [1.807, 2.05) is 11.8 Å². The van der Waals surface area contributed by atoms with E-state index in [1.54, 1.807) is 38.2 Å². The molecule has 32 heavy (non-hydrogen) atoms. The van der Waals surface area contributed by atoms with Crippen LogP contribution in [-0.2, 0) is 16.8 Å². The number of anilines is 2. The van der Waals surface area contributed by atoms with Crippen LogP contribution in [0, 0.1) is 12.7 Å². The minimum Gasteiger partial charge on any atom is -0.369 e. The Balaban J connectivity index is 1.57. The number of piperazine rings is 1. The van der Waals surface area contributed by atoms with Crippen molar-refractivity contribution >= 4 is 27.6 Å². The molecular weight excluding hydrogens is 435 g/mol. The summed E-state index contributed by atoms with van der Waals surface area (Å²) in [6.45, 7) is 7.03. The van der Waals surface area contributed by atoms with Gasteiger partial charge in [0.2, 0.25) is 0 Å². The lowest BCUT2D eigenvalue weighted by molar-refractivity contribution is 0.251. The number of aryl methyl sites for hydroxylation is 1. The molecule has 1 aromatic carbocycles. The number of carbonyl (C=O) groups excluding carboxylic acids is 1. The van der Waals surface area contributed by atoms with Gasteiger partial charge < -0.3 is 15.5 Å². The SMILES string of the molecule is Cc1ccc(NC(=O)NCc2cc(F)cc(N3CCN(S(=O)(=O)NC(C)C)CC3)c2)cn1. The van der Waals surface area contributed by atoms with Gasteiger partial charge in [-0.15, -0.1) is 0 Å². The molecule has 2 heterocycles. The molecule has 1 aliphatic rings. The van der Waals surface area contributed by atoms with Gasteiger partial charge in [-0.2, -0.15) is 17.4 Å². The molecule has 0 spiro atoms. The van der Waals surface area contributed by atoms with Gasteiger partial charge >= 0.3 is 6.03 Å². The first-order chi connectivity index (χ1) is 15.1. The Hall–Kier alpha value is -2.76. The van der Waals surface area contributed by atoms with E-state index in [1.165, 1.54) is 16.4 Å². The highest BCUT2D eigenvalue weighted by atomic mass is 32.2. The number of halogens is 1. The predicted octanol–water partition coefficient (Wildman–Crippen LogP) is 2.22. The minimum absolute atomic E-state index is 0.141. The summed E-state index contributed by atoms with van der Waals surface area (Å²) in [7, 11) is -3.53. The number of nitrogens with one attached hydrogen (secondary N) is 3. The topological polar surface area (TPSA) is 107 Å². The smallest absolute Gasteiger partial charge is 0.319 e. The van der Waals surface area contributed by atoms with Gasteiger partial charge in [-0.3, -0.25) is 4.98 Å². The summed E-state index contributed by atoms with van der Waals surface area (Å²) in [5, 5.41) is 5.38. The number of nitrogens with zero attached hydrogens (tertiary/aromatic N) is 3. The lowest BCUT2D eigenvalue weighted by atomic mass is 10.1. The van der Waals surface area contributed by atoms with Crippen molar-refractivity contribution in [2.24, 2.45) is 0 Å². The fourth-order valence-corrected chi connectivity index (χ4v) is 4.77. The molecular formula is C21H29FN6O3S. The van der Waals surface area contributed by atoms with Crippen molar-refractivity contribution in [2.45, 2.75) is 33.4 Å².